The Labute approximate surface area is 156 Å². The number of rotatable bonds is 7. The molecule has 0 saturated carbocycles. The number of nitrogens with one attached hydrogen (secondary N) is 1. The topological polar surface area (TPSA) is 49.4 Å². The van der Waals surface area contributed by atoms with Crippen LogP contribution in [0.15, 0.2) is 48.5 Å². The first-order valence-corrected chi connectivity index (χ1v) is 9.07. The van der Waals surface area contributed by atoms with Crippen molar-refractivity contribution in [1.29, 1.82) is 0 Å². The number of aryl methyl sites for hydroxylation is 2. The Hall–Kier alpha value is -2.62. The van der Waals surface area contributed by atoms with Crippen LogP contribution in [0.2, 0.25) is 0 Å². The fourth-order valence-corrected chi connectivity index (χ4v) is 3.04. The van der Waals surface area contributed by atoms with Crippen LogP contribution in [-0.2, 0) is 22.6 Å². The van der Waals surface area contributed by atoms with Crippen LogP contribution >= 0.6 is 0 Å². The van der Waals surface area contributed by atoms with E-state index in [1.807, 2.05) is 69.3 Å². The average Bonchev–Trinajstić information content (AvgIpc) is 2.64. The third kappa shape index (κ3) is 4.94. The zero-order valence-corrected chi connectivity index (χ0v) is 16.1. The quantitative estimate of drug-likeness (QED) is 0.830. The van der Waals surface area contributed by atoms with Crippen molar-refractivity contribution in [2.24, 2.45) is 0 Å². The largest absolute Gasteiger partial charge is 0.357 e. The second-order valence-electron chi connectivity index (χ2n) is 6.65. The van der Waals surface area contributed by atoms with Gasteiger partial charge < -0.3 is 10.2 Å². The van der Waals surface area contributed by atoms with Crippen molar-refractivity contribution in [2.75, 3.05) is 7.05 Å². The van der Waals surface area contributed by atoms with Gasteiger partial charge in [-0.1, -0.05) is 61.0 Å². The molecule has 0 radical (unpaired) electrons. The van der Waals surface area contributed by atoms with Crippen molar-refractivity contribution in [3.05, 3.63) is 70.8 Å². The van der Waals surface area contributed by atoms with Crippen LogP contribution in [0.25, 0.3) is 0 Å². The van der Waals surface area contributed by atoms with Crippen molar-refractivity contribution in [3.8, 4) is 0 Å². The lowest BCUT2D eigenvalue weighted by Gasteiger charge is -2.31. The number of benzene rings is 2. The van der Waals surface area contributed by atoms with Gasteiger partial charge in [0.15, 0.2) is 0 Å². The minimum atomic E-state index is -0.474. The molecule has 4 heteroatoms. The zero-order chi connectivity index (χ0) is 19.1. The zero-order valence-electron chi connectivity index (χ0n) is 16.1. The van der Waals surface area contributed by atoms with Crippen LogP contribution in [0.5, 0.6) is 0 Å². The van der Waals surface area contributed by atoms with Crippen molar-refractivity contribution < 1.29 is 9.59 Å². The van der Waals surface area contributed by atoms with E-state index in [1.54, 1.807) is 11.9 Å². The molecule has 2 aromatic rings. The Balaban J connectivity index is 2.29. The molecule has 0 aromatic heterocycles. The molecule has 1 N–H and O–H groups in total. The van der Waals surface area contributed by atoms with Gasteiger partial charge in [-0.05, 0) is 37.0 Å². The van der Waals surface area contributed by atoms with Crippen LogP contribution in [0, 0.1) is 13.8 Å². The number of likely N-dealkylation sites (N-methyl/N-ethyl adjacent to an activating group) is 1. The third-order valence-electron chi connectivity index (χ3n) is 4.71. The highest BCUT2D eigenvalue weighted by molar-refractivity contribution is 5.88. The van der Waals surface area contributed by atoms with Crippen molar-refractivity contribution in [3.63, 3.8) is 0 Å². The maximum atomic E-state index is 13.1. The molecule has 2 aromatic carbocycles. The fraction of sp³-hybridized carbons (Fsp3) is 0.364. The minimum Gasteiger partial charge on any atom is -0.357 e. The van der Waals surface area contributed by atoms with E-state index in [-0.39, 0.29) is 11.8 Å². The normalized spacial score (nSPS) is 11.7. The smallest absolute Gasteiger partial charge is 0.242 e. The Morgan fingerprint density at radius 1 is 1.04 bits per heavy atom. The second kappa shape index (κ2) is 9.18. The van der Waals surface area contributed by atoms with Crippen LogP contribution in [0.3, 0.4) is 0 Å². The molecule has 26 heavy (non-hydrogen) atoms. The molecule has 0 unspecified atom stereocenters. The van der Waals surface area contributed by atoms with E-state index in [9.17, 15) is 9.59 Å². The number of nitrogens with zero attached hydrogens (tertiary/aromatic N) is 1. The molecular formula is C22H28N2O2. The van der Waals surface area contributed by atoms with Crippen molar-refractivity contribution >= 4 is 11.8 Å². The lowest BCUT2D eigenvalue weighted by atomic mass is 10.0. The SMILES string of the molecule is CC[C@H](C(=O)NC)N(Cc1ccccc1C)C(=O)Cc1ccc(C)cc1. The highest BCUT2D eigenvalue weighted by atomic mass is 16.2. The Bertz CT molecular complexity index is 753. The predicted molar refractivity (Wildman–Crippen MR) is 105 cm³/mol. The van der Waals surface area contributed by atoms with E-state index >= 15 is 0 Å². The fourth-order valence-electron chi connectivity index (χ4n) is 3.04. The van der Waals surface area contributed by atoms with Gasteiger partial charge in [0.25, 0.3) is 0 Å². The molecule has 1 atom stereocenters. The van der Waals surface area contributed by atoms with E-state index in [0.29, 0.717) is 19.4 Å². The highest BCUT2D eigenvalue weighted by Crippen LogP contribution is 2.17. The van der Waals surface area contributed by atoms with Gasteiger partial charge in [-0.15, -0.1) is 0 Å². The maximum absolute atomic E-state index is 13.1. The molecule has 2 amide bonds. The predicted octanol–water partition coefficient (Wildman–Crippen LogP) is 3.40. The Morgan fingerprint density at radius 3 is 2.27 bits per heavy atom. The first-order chi connectivity index (χ1) is 12.5. The lowest BCUT2D eigenvalue weighted by molar-refractivity contribution is -0.140. The van der Waals surface area contributed by atoms with E-state index < -0.39 is 6.04 Å². The molecular weight excluding hydrogens is 324 g/mol. The lowest BCUT2D eigenvalue weighted by Crippen LogP contribution is -2.48. The standard InChI is InChI=1S/C22H28N2O2/c1-5-20(22(26)23-4)24(15-19-9-7-6-8-17(19)3)21(25)14-18-12-10-16(2)11-13-18/h6-13,20H,5,14-15H2,1-4H3,(H,23,26)/t20-/m1/s1. The van der Waals surface area contributed by atoms with Gasteiger partial charge in [0.1, 0.15) is 6.04 Å². The summed E-state index contributed by atoms with van der Waals surface area (Å²) in [5, 5.41) is 2.69. The number of amides is 2. The van der Waals surface area contributed by atoms with Gasteiger partial charge in [-0.25, -0.2) is 0 Å². The summed E-state index contributed by atoms with van der Waals surface area (Å²) in [5.41, 5.74) is 4.30. The second-order valence-corrected chi connectivity index (χ2v) is 6.65. The van der Waals surface area contributed by atoms with Gasteiger partial charge in [-0.2, -0.15) is 0 Å². The van der Waals surface area contributed by atoms with Crippen molar-refractivity contribution in [2.45, 2.75) is 46.2 Å². The van der Waals surface area contributed by atoms with Gasteiger partial charge >= 0.3 is 0 Å². The Morgan fingerprint density at radius 2 is 1.69 bits per heavy atom. The first-order valence-electron chi connectivity index (χ1n) is 9.07. The minimum absolute atomic E-state index is 0.0347. The van der Waals surface area contributed by atoms with Crippen LogP contribution in [-0.4, -0.2) is 29.8 Å². The molecule has 4 nitrogen and oxygen atoms in total. The molecule has 138 valence electrons. The van der Waals surface area contributed by atoms with Crippen LogP contribution in [0.4, 0.5) is 0 Å². The molecule has 0 aliphatic carbocycles. The summed E-state index contributed by atoms with van der Waals surface area (Å²) in [4.78, 5) is 27.1. The van der Waals surface area contributed by atoms with E-state index in [4.69, 9.17) is 0 Å². The van der Waals surface area contributed by atoms with Gasteiger partial charge in [0.05, 0.1) is 6.42 Å². The molecule has 0 fully saturated rings. The number of hydrogen-bond donors (Lipinski definition) is 1. The number of hydrogen-bond acceptors (Lipinski definition) is 2. The van der Waals surface area contributed by atoms with E-state index in [0.717, 1.165) is 22.3 Å². The highest BCUT2D eigenvalue weighted by Gasteiger charge is 2.28. The summed E-state index contributed by atoms with van der Waals surface area (Å²) in [6, 6.07) is 15.5. The summed E-state index contributed by atoms with van der Waals surface area (Å²) in [5.74, 6) is -0.161. The van der Waals surface area contributed by atoms with Gasteiger partial charge in [-0.3, -0.25) is 9.59 Å². The summed E-state index contributed by atoms with van der Waals surface area (Å²) in [6.45, 7) is 6.42. The van der Waals surface area contributed by atoms with E-state index in [2.05, 4.69) is 5.32 Å². The number of carbonyl (C=O) groups is 2. The van der Waals surface area contributed by atoms with Gasteiger partial charge in [0, 0.05) is 13.6 Å². The molecule has 0 bridgehead atoms. The van der Waals surface area contributed by atoms with Crippen molar-refractivity contribution in [1.82, 2.24) is 10.2 Å². The molecule has 0 saturated heterocycles. The summed E-state index contributed by atoms with van der Waals surface area (Å²) >= 11 is 0. The molecule has 0 spiro atoms. The summed E-state index contributed by atoms with van der Waals surface area (Å²) < 4.78 is 0. The third-order valence-corrected chi connectivity index (χ3v) is 4.71. The monoisotopic (exact) mass is 352 g/mol. The Kier molecular flexibility index (Phi) is 6.96. The number of carbonyl (C=O) groups excluding carboxylic acids is 2. The molecule has 0 aliphatic rings. The van der Waals surface area contributed by atoms with Crippen LogP contribution < -0.4 is 5.32 Å². The van der Waals surface area contributed by atoms with E-state index in [1.165, 1.54) is 0 Å². The average molecular weight is 352 g/mol. The molecule has 0 aliphatic heterocycles. The first kappa shape index (κ1) is 19.7. The maximum Gasteiger partial charge on any atom is 0.242 e. The molecule has 2 rings (SSSR count). The van der Waals surface area contributed by atoms with Gasteiger partial charge in [0.2, 0.25) is 11.8 Å². The van der Waals surface area contributed by atoms with Crippen LogP contribution in [0.1, 0.15) is 35.6 Å². The molecule has 0 heterocycles. The summed E-state index contributed by atoms with van der Waals surface area (Å²) in [7, 11) is 1.61. The summed E-state index contributed by atoms with van der Waals surface area (Å²) in [6.07, 6.45) is 0.866.